The molecule has 82 valence electrons. The van der Waals surface area contributed by atoms with Crippen molar-refractivity contribution in [3.8, 4) is 0 Å². The smallest absolute Gasteiger partial charge is 0.00666 e. The number of hydrogen-bond donors (Lipinski definition) is 0. The molecule has 15 heavy (non-hydrogen) atoms. The van der Waals surface area contributed by atoms with Crippen LogP contribution in [0.2, 0.25) is 0 Å². The van der Waals surface area contributed by atoms with Crippen LogP contribution in [0.4, 0.5) is 0 Å². The molecular weight excluding hydrogens is 180 g/mol. The molecule has 0 aromatic heterocycles. The molecule has 0 amide bonds. The van der Waals surface area contributed by atoms with Gasteiger partial charge in [0.2, 0.25) is 0 Å². The monoisotopic (exact) mass is 202 g/mol. The molecule has 0 spiro atoms. The molecule has 0 saturated heterocycles. The average Bonchev–Trinajstić information content (AvgIpc) is 2.17. The molecule has 0 radical (unpaired) electrons. The van der Waals surface area contributed by atoms with E-state index in [9.17, 15) is 0 Å². The van der Waals surface area contributed by atoms with Crippen molar-refractivity contribution in [2.24, 2.45) is 0 Å². The van der Waals surface area contributed by atoms with E-state index in [4.69, 9.17) is 0 Å². The number of rotatable bonds is 3. The Morgan fingerprint density at radius 1 is 1.20 bits per heavy atom. The first-order valence-corrected chi connectivity index (χ1v) is 5.64. The number of aryl methyl sites for hydroxylation is 1. The Morgan fingerprint density at radius 2 is 1.73 bits per heavy atom. The van der Waals surface area contributed by atoms with E-state index in [-0.39, 0.29) is 5.41 Å². The van der Waals surface area contributed by atoms with Crippen molar-refractivity contribution >= 4 is 0 Å². The van der Waals surface area contributed by atoms with Crippen LogP contribution < -0.4 is 0 Å². The minimum atomic E-state index is 0.240. The van der Waals surface area contributed by atoms with Gasteiger partial charge in [-0.15, -0.1) is 0 Å². The van der Waals surface area contributed by atoms with E-state index in [0.717, 1.165) is 6.42 Å². The zero-order chi connectivity index (χ0) is 11.5. The van der Waals surface area contributed by atoms with Crippen molar-refractivity contribution in [2.75, 3.05) is 0 Å². The average molecular weight is 202 g/mol. The number of hydrogen-bond acceptors (Lipinski definition) is 0. The van der Waals surface area contributed by atoms with E-state index < -0.39 is 0 Å². The molecule has 1 aromatic carbocycles. The third kappa shape index (κ3) is 3.23. The second-order valence-corrected chi connectivity index (χ2v) is 5.06. The van der Waals surface area contributed by atoms with Crippen LogP contribution in [0.25, 0.3) is 0 Å². The molecule has 1 aromatic rings. The fraction of sp³-hybridized carbons (Fsp3) is 0.467. The Kier molecular flexibility index (Phi) is 3.73. The van der Waals surface area contributed by atoms with Gasteiger partial charge in [0.25, 0.3) is 0 Å². The normalized spacial score (nSPS) is 13.0. The predicted molar refractivity (Wildman–Crippen MR) is 68.3 cm³/mol. The van der Waals surface area contributed by atoms with Crippen LogP contribution >= 0.6 is 0 Å². The summed E-state index contributed by atoms with van der Waals surface area (Å²) in [6.07, 6.45) is 3.34. The second-order valence-electron chi connectivity index (χ2n) is 5.06. The molecule has 0 nitrogen and oxygen atoms in total. The quantitative estimate of drug-likeness (QED) is 0.627. The third-order valence-electron chi connectivity index (χ3n) is 3.05. The fourth-order valence-electron chi connectivity index (χ4n) is 1.91. The Bertz CT molecular complexity index is 339. The van der Waals surface area contributed by atoms with Crippen molar-refractivity contribution < 1.29 is 0 Å². The molecule has 0 unspecified atom stereocenters. The lowest BCUT2D eigenvalue weighted by molar-refractivity contribution is 0.519. The highest BCUT2D eigenvalue weighted by molar-refractivity contribution is 5.28. The summed E-state index contributed by atoms with van der Waals surface area (Å²) in [5, 5.41) is 0. The molecule has 0 aliphatic carbocycles. The van der Waals surface area contributed by atoms with Crippen LogP contribution in [0.3, 0.4) is 0 Å². The lowest BCUT2D eigenvalue weighted by atomic mass is 9.79. The molecule has 0 fully saturated rings. The van der Waals surface area contributed by atoms with Crippen molar-refractivity contribution in [1.29, 1.82) is 0 Å². The van der Waals surface area contributed by atoms with Crippen LogP contribution in [-0.2, 0) is 5.41 Å². The van der Waals surface area contributed by atoms with Crippen molar-refractivity contribution in [2.45, 2.75) is 46.5 Å². The van der Waals surface area contributed by atoms with E-state index in [2.05, 4.69) is 65.0 Å². The minimum absolute atomic E-state index is 0.240. The third-order valence-corrected chi connectivity index (χ3v) is 3.05. The predicted octanol–water partition coefficient (Wildman–Crippen LogP) is 4.63. The number of benzene rings is 1. The van der Waals surface area contributed by atoms with Gasteiger partial charge in [0, 0.05) is 0 Å². The minimum Gasteiger partial charge on any atom is -0.0887 e. The van der Waals surface area contributed by atoms with Gasteiger partial charge in [0.05, 0.1) is 0 Å². The molecule has 0 aliphatic heterocycles. The lowest BCUT2D eigenvalue weighted by Crippen LogP contribution is -2.17. The summed E-state index contributed by atoms with van der Waals surface area (Å²) in [6.45, 7) is 11.1. The van der Waals surface area contributed by atoms with Gasteiger partial charge in [0.15, 0.2) is 0 Å². The van der Waals surface area contributed by atoms with E-state index in [0.29, 0.717) is 0 Å². The second kappa shape index (κ2) is 4.65. The zero-order valence-corrected chi connectivity index (χ0v) is 10.6. The van der Waals surface area contributed by atoms with Gasteiger partial charge in [-0.1, -0.05) is 55.3 Å². The SMILES string of the molecule is C/C=C(/C)CC(C)(C)c1ccc(C)cc1. The van der Waals surface area contributed by atoms with Crippen LogP contribution in [0.15, 0.2) is 35.9 Å². The highest BCUT2D eigenvalue weighted by Gasteiger charge is 2.20. The molecule has 0 N–H and O–H groups in total. The summed E-state index contributed by atoms with van der Waals surface area (Å²) in [5.74, 6) is 0. The lowest BCUT2D eigenvalue weighted by Gasteiger charge is -2.26. The van der Waals surface area contributed by atoms with Crippen LogP contribution in [0.5, 0.6) is 0 Å². The summed E-state index contributed by atoms with van der Waals surface area (Å²) in [4.78, 5) is 0. The molecule has 1 rings (SSSR count). The first-order valence-electron chi connectivity index (χ1n) is 5.64. The number of allylic oxidation sites excluding steroid dienone is 2. The Morgan fingerprint density at radius 3 is 2.20 bits per heavy atom. The van der Waals surface area contributed by atoms with Gasteiger partial charge < -0.3 is 0 Å². The van der Waals surface area contributed by atoms with Crippen molar-refractivity contribution in [3.05, 3.63) is 47.0 Å². The Labute approximate surface area is 94.0 Å². The zero-order valence-electron chi connectivity index (χ0n) is 10.6. The molecule has 0 saturated carbocycles. The van der Waals surface area contributed by atoms with E-state index in [1.165, 1.54) is 16.7 Å². The van der Waals surface area contributed by atoms with E-state index in [1.54, 1.807) is 0 Å². The molecular formula is C15H22. The summed E-state index contributed by atoms with van der Waals surface area (Å²) < 4.78 is 0. The van der Waals surface area contributed by atoms with Crippen molar-refractivity contribution in [3.63, 3.8) is 0 Å². The standard InChI is InChI=1S/C15H22/c1-6-12(2)11-15(4,5)14-9-7-13(3)8-10-14/h6-10H,11H2,1-5H3/b12-6-. The molecule has 0 bridgehead atoms. The molecule has 0 heteroatoms. The Hall–Kier alpha value is -1.04. The molecule has 0 aliphatic rings. The van der Waals surface area contributed by atoms with Gasteiger partial charge in [-0.3, -0.25) is 0 Å². The maximum Gasteiger partial charge on any atom is -0.00666 e. The van der Waals surface area contributed by atoms with Gasteiger partial charge in [0.1, 0.15) is 0 Å². The van der Waals surface area contributed by atoms with E-state index >= 15 is 0 Å². The summed E-state index contributed by atoms with van der Waals surface area (Å²) >= 11 is 0. The first kappa shape index (κ1) is 12.0. The largest absolute Gasteiger partial charge is 0.0887 e. The molecule has 0 atom stereocenters. The van der Waals surface area contributed by atoms with Gasteiger partial charge in [-0.05, 0) is 38.2 Å². The summed E-state index contributed by atoms with van der Waals surface area (Å²) in [5.41, 5.74) is 4.46. The summed E-state index contributed by atoms with van der Waals surface area (Å²) in [7, 11) is 0. The van der Waals surface area contributed by atoms with Crippen molar-refractivity contribution in [1.82, 2.24) is 0 Å². The van der Waals surface area contributed by atoms with Crippen LogP contribution in [0, 0.1) is 6.92 Å². The Balaban J connectivity index is 2.90. The van der Waals surface area contributed by atoms with E-state index in [1.807, 2.05) is 0 Å². The van der Waals surface area contributed by atoms with Crippen LogP contribution in [-0.4, -0.2) is 0 Å². The maximum absolute atomic E-state index is 2.31. The maximum atomic E-state index is 2.31. The van der Waals surface area contributed by atoms with Gasteiger partial charge in [-0.25, -0.2) is 0 Å². The van der Waals surface area contributed by atoms with Gasteiger partial charge >= 0.3 is 0 Å². The molecule has 0 heterocycles. The summed E-state index contributed by atoms with van der Waals surface area (Å²) in [6, 6.07) is 8.89. The topological polar surface area (TPSA) is 0 Å². The highest BCUT2D eigenvalue weighted by atomic mass is 14.2. The first-order chi connectivity index (χ1) is 6.95. The van der Waals surface area contributed by atoms with Gasteiger partial charge in [-0.2, -0.15) is 0 Å². The fourth-order valence-corrected chi connectivity index (χ4v) is 1.91. The highest BCUT2D eigenvalue weighted by Crippen LogP contribution is 2.30. The van der Waals surface area contributed by atoms with Crippen LogP contribution in [0.1, 0.15) is 45.2 Å².